The zero-order chi connectivity index (χ0) is 12.5. The first-order valence-corrected chi connectivity index (χ1v) is 6.61. The van der Waals surface area contributed by atoms with Gasteiger partial charge in [-0.05, 0) is 30.9 Å². The minimum absolute atomic E-state index is 0.317. The Hall–Kier alpha value is -1.42. The van der Waals surface area contributed by atoms with Crippen molar-refractivity contribution in [1.82, 2.24) is 9.38 Å². The number of hydrogen-bond acceptors (Lipinski definition) is 3. The zero-order valence-corrected chi connectivity index (χ0v) is 10.7. The quantitative estimate of drug-likeness (QED) is 0.786. The van der Waals surface area contributed by atoms with Crippen LogP contribution >= 0.6 is 11.6 Å². The van der Waals surface area contributed by atoms with Crippen LogP contribution in [0.25, 0.3) is 5.52 Å². The van der Waals surface area contributed by atoms with Crippen LogP contribution in [0.15, 0.2) is 29.8 Å². The molecule has 1 aliphatic rings. The molecule has 1 atom stereocenters. The highest BCUT2D eigenvalue weighted by atomic mass is 35.5. The SMILES string of the molecule is O=N[C@@H](c1cc(Cl)cc2cncn12)C1CCCC1. The number of aromatic nitrogens is 2. The molecule has 4 nitrogen and oxygen atoms in total. The molecule has 1 aliphatic carbocycles. The first kappa shape index (κ1) is 11.7. The molecule has 0 aromatic carbocycles. The fourth-order valence-corrected chi connectivity index (χ4v) is 3.13. The molecule has 0 aliphatic heterocycles. The van der Waals surface area contributed by atoms with E-state index < -0.39 is 0 Å². The molecule has 5 heteroatoms. The fourth-order valence-electron chi connectivity index (χ4n) is 2.90. The summed E-state index contributed by atoms with van der Waals surface area (Å²) in [4.78, 5) is 15.3. The van der Waals surface area contributed by atoms with Gasteiger partial charge in [0.2, 0.25) is 0 Å². The third kappa shape index (κ3) is 1.90. The second-order valence-corrected chi connectivity index (χ2v) is 5.32. The van der Waals surface area contributed by atoms with Crippen molar-refractivity contribution in [1.29, 1.82) is 0 Å². The van der Waals surface area contributed by atoms with Crippen LogP contribution in [-0.4, -0.2) is 9.38 Å². The lowest BCUT2D eigenvalue weighted by atomic mass is 9.95. The van der Waals surface area contributed by atoms with Crippen molar-refractivity contribution in [2.24, 2.45) is 11.1 Å². The molecular weight excluding hydrogens is 250 g/mol. The first-order valence-electron chi connectivity index (χ1n) is 6.23. The van der Waals surface area contributed by atoms with Crippen LogP contribution in [0, 0.1) is 10.8 Å². The van der Waals surface area contributed by atoms with E-state index in [0.29, 0.717) is 10.9 Å². The summed E-state index contributed by atoms with van der Waals surface area (Å²) >= 11 is 6.10. The Morgan fingerprint density at radius 1 is 1.39 bits per heavy atom. The summed E-state index contributed by atoms with van der Waals surface area (Å²) in [5.74, 6) is 0.339. The van der Waals surface area contributed by atoms with Crippen LogP contribution in [0.2, 0.25) is 5.02 Å². The monoisotopic (exact) mass is 263 g/mol. The molecule has 0 saturated heterocycles. The van der Waals surface area contributed by atoms with Crippen molar-refractivity contribution in [2.75, 3.05) is 0 Å². The van der Waals surface area contributed by atoms with Crippen LogP contribution in [-0.2, 0) is 0 Å². The molecule has 3 rings (SSSR count). The number of pyridine rings is 1. The molecule has 0 amide bonds. The standard InChI is InChI=1S/C13H14ClN3O/c14-10-5-11-7-15-8-17(11)12(6-10)13(16-18)9-3-1-2-4-9/h5-9,13H,1-4H2/t13-/m1/s1. The van der Waals surface area contributed by atoms with Gasteiger partial charge in [-0.3, -0.25) is 0 Å². The smallest absolute Gasteiger partial charge is 0.135 e. The van der Waals surface area contributed by atoms with Gasteiger partial charge < -0.3 is 4.40 Å². The number of hydrogen-bond donors (Lipinski definition) is 0. The number of nitroso groups, excluding NO2 is 1. The van der Waals surface area contributed by atoms with Crippen LogP contribution in [0.1, 0.15) is 37.4 Å². The number of fused-ring (bicyclic) bond motifs is 1. The van der Waals surface area contributed by atoms with Crippen LogP contribution in [0.4, 0.5) is 0 Å². The Morgan fingerprint density at radius 2 is 2.17 bits per heavy atom. The third-order valence-corrected chi connectivity index (χ3v) is 4.00. The summed E-state index contributed by atoms with van der Waals surface area (Å²) in [5, 5.41) is 3.98. The van der Waals surface area contributed by atoms with E-state index in [1.54, 1.807) is 12.5 Å². The van der Waals surface area contributed by atoms with Gasteiger partial charge in [0.15, 0.2) is 0 Å². The van der Waals surface area contributed by atoms with Gasteiger partial charge >= 0.3 is 0 Å². The zero-order valence-electron chi connectivity index (χ0n) is 9.92. The lowest BCUT2D eigenvalue weighted by molar-refractivity contribution is 0.434. The minimum atomic E-state index is -0.317. The van der Waals surface area contributed by atoms with Gasteiger partial charge in [-0.15, -0.1) is 0 Å². The molecule has 0 N–H and O–H groups in total. The highest BCUT2D eigenvalue weighted by Crippen LogP contribution is 2.38. The van der Waals surface area contributed by atoms with Gasteiger partial charge in [-0.2, -0.15) is 4.91 Å². The number of rotatable bonds is 3. The normalized spacial score (nSPS) is 18.3. The van der Waals surface area contributed by atoms with E-state index in [-0.39, 0.29) is 6.04 Å². The third-order valence-electron chi connectivity index (χ3n) is 3.78. The van der Waals surface area contributed by atoms with Gasteiger partial charge in [-0.1, -0.05) is 29.6 Å². The summed E-state index contributed by atoms with van der Waals surface area (Å²) in [5.41, 5.74) is 1.76. The molecule has 94 valence electrons. The molecular formula is C13H14ClN3O. The topological polar surface area (TPSA) is 46.7 Å². The highest BCUT2D eigenvalue weighted by Gasteiger charge is 2.29. The predicted octanol–water partition coefficient (Wildman–Crippen LogP) is 3.99. The summed E-state index contributed by atoms with van der Waals surface area (Å²) in [7, 11) is 0. The first-order chi connectivity index (χ1) is 8.79. The Kier molecular flexibility index (Phi) is 3.04. The molecule has 0 radical (unpaired) electrons. The van der Waals surface area contributed by atoms with Crippen molar-refractivity contribution in [3.63, 3.8) is 0 Å². The Bertz CT molecular complexity index is 575. The van der Waals surface area contributed by atoms with Crippen molar-refractivity contribution in [2.45, 2.75) is 31.7 Å². The fraction of sp³-hybridized carbons (Fsp3) is 0.462. The maximum Gasteiger partial charge on any atom is 0.135 e. The Morgan fingerprint density at radius 3 is 2.89 bits per heavy atom. The van der Waals surface area contributed by atoms with E-state index in [1.165, 1.54) is 12.8 Å². The predicted molar refractivity (Wildman–Crippen MR) is 70.7 cm³/mol. The second kappa shape index (κ2) is 4.69. The Balaban J connectivity index is 2.10. The van der Waals surface area contributed by atoms with E-state index in [2.05, 4.69) is 10.2 Å². The summed E-state index contributed by atoms with van der Waals surface area (Å²) in [6.07, 6.45) is 7.97. The van der Waals surface area contributed by atoms with Crippen molar-refractivity contribution in [3.05, 3.63) is 40.3 Å². The van der Waals surface area contributed by atoms with E-state index in [9.17, 15) is 4.91 Å². The molecule has 0 bridgehead atoms. The molecule has 2 aromatic rings. The number of halogens is 1. The van der Waals surface area contributed by atoms with Crippen LogP contribution in [0.5, 0.6) is 0 Å². The Labute approximate surface area is 110 Å². The number of imidazole rings is 1. The summed E-state index contributed by atoms with van der Waals surface area (Å²) in [6, 6.07) is 3.36. The lowest BCUT2D eigenvalue weighted by Crippen LogP contribution is -2.11. The van der Waals surface area contributed by atoms with Gasteiger partial charge in [0.1, 0.15) is 6.04 Å². The van der Waals surface area contributed by atoms with E-state index in [0.717, 1.165) is 24.1 Å². The van der Waals surface area contributed by atoms with Crippen molar-refractivity contribution in [3.8, 4) is 0 Å². The second-order valence-electron chi connectivity index (χ2n) is 4.88. The molecule has 1 fully saturated rings. The van der Waals surface area contributed by atoms with Gasteiger partial charge in [-0.25, -0.2) is 4.98 Å². The maximum absolute atomic E-state index is 11.2. The van der Waals surface area contributed by atoms with Gasteiger partial charge in [0.25, 0.3) is 0 Å². The average molecular weight is 264 g/mol. The van der Waals surface area contributed by atoms with Crippen molar-refractivity contribution < 1.29 is 0 Å². The van der Waals surface area contributed by atoms with Crippen LogP contribution < -0.4 is 0 Å². The van der Waals surface area contributed by atoms with Gasteiger partial charge in [0.05, 0.1) is 23.7 Å². The average Bonchev–Trinajstić information content (AvgIpc) is 2.99. The van der Waals surface area contributed by atoms with Gasteiger partial charge in [0, 0.05) is 5.02 Å². The summed E-state index contributed by atoms with van der Waals surface area (Å²) < 4.78 is 1.91. The largest absolute Gasteiger partial charge is 0.301 e. The molecule has 18 heavy (non-hydrogen) atoms. The molecule has 0 spiro atoms. The maximum atomic E-state index is 11.2. The molecule has 2 heterocycles. The van der Waals surface area contributed by atoms with Crippen LogP contribution in [0.3, 0.4) is 0 Å². The highest BCUT2D eigenvalue weighted by molar-refractivity contribution is 6.31. The minimum Gasteiger partial charge on any atom is -0.301 e. The number of nitrogens with zero attached hydrogens (tertiary/aromatic N) is 3. The molecule has 2 aromatic heterocycles. The molecule has 0 unspecified atom stereocenters. The van der Waals surface area contributed by atoms with E-state index in [1.807, 2.05) is 16.5 Å². The molecule has 1 saturated carbocycles. The van der Waals surface area contributed by atoms with Crippen molar-refractivity contribution >= 4 is 17.1 Å². The lowest BCUT2D eigenvalue weighted by Gasteiger charge is -2.18. The van der Waals surface area contributed by atoms with E-state index >= 15 is 0 Å². The van der Waals surface area contributed by atoms with E-state index in [4.69, 9.17) is 11.6 Å². The summed E-state index contributed by atoms with van der Waals surface area (Å²) in [6.45, 7) is 0.